The highest BCUT2D eigenvalue weighted by molar-refractivity contribution is 6.22. The number of hydrogen-bond acceptors (Lipinski definition) is 7. The summed E-state index contributed by atoms with van der Waals surface area (Å²) < 4.78 is 1.63. The van der Waals surface area contributed by atoms with Gasteiger partial charge in [0.2, 0.25) is 5.91 Å². The molecule has 152 valence electrons. The molecule has 30 heavy (non-hydrogen) atoms. The molecule has 0 aliphatic carbocycles. The second-order valence-electron chi connectivity index (χ2n) is 6.70. The van der Waals surface area contributed by atoms with Gasteiger partial charge in [0.25, 0.3) is 11.8 Å². The van der Waals surface area contributed by atoms with Crippen molar-refractivity contribution >= 4 is 23.5 Å². The van der Waals surface area contributed by atoms with Crippen LogP contribution in [-0.2, 0) is 4.79 Å². The Kier molecular flexibility index (Phi) is 5.21. The molecule has 4 rings (SSSR count). The lowest BCUT2D eigenvalue weighted by Gasteiger charge is -2.13. The highest BCUT2D eigenvalue weighted by atomic mass is 16.2. The molecule has 0 bridgehead atoms. The van der Waals surface area contributed by atoms with Crippen molar-refractivity contribution in [1.82, 2.24) is 30.2 Å². The summed E-state index contributed by atoms with van der Waals surface area (Å²) in [5.74, 6) is -0.167. The number of amides is 3. The molecule has 2 N–H and O–H groups in total. The fourth-order valence-electron chi connectivity index (χ4n) is 3.06. The van der Waals surface area contributed by atoms with E-state index in [2.05, 4.69) is 25.9 Å². The minimum atomic E-state index is -0.452. The molecule has 0 saturated carbocycles. The number of carbonyl (C=O) groups excluding carboxylic acids is 3. The van der Waals surface area contributed by atoms with Crippen LogP contribution >= 0.6 is 0 Å². The Bertz CT molecular complexity index is 1070. The zero-order valence-corrected chi connectivity index (χ0v) is 16.2. The van der Waals surface area contributed by atoms with E-state index in [1.807, 2.05) is 13.0 Å². The Labute approximate surface area is 171 Å². The molecule has 0 spiro atoms. The molecule has 3 aromatic rings. The molecule has 1 aromatic carbocycles. The van der Waals surface area contributed by atoms with Crippen LogP contribution in [0.5, 0.6) is 0 Å². The van der Waals surface area contributed by atoms with Gasteiger partial charge in [-0.1, -0.05) is 12.1 Å². The normalized spacial score (nSPS) is 12.8. The average Bonchev–Trinajstić information content (AvgIpc) is 3.29. The standard InChI is InChI=1S/C20H19N7O3/c1-13-8-11-27(25-13)17-7-6-16(23-24-17)21-9-10-22-18(28)12-26-19(29)14-4-2-3-5-15(14)20(26)30/h2-8,11H,9-10,12H2,1H3,(H,21,23)(H,22,28). The van der Waals surface area contributed by atoms with Crippen LogP contribution in [0.4, 0.5) is 5.82 Å². The lowest BCUT2D eigenvalue weighted by atomic mass is 10.1. The topological polar surface area (TPSA) is 122 Å². The second-order valence-corrected chi connectivity index (χ2v) is 6.70. The van der Waals surface area contributed by atoms with E-state index in [4.69, 9.17) is 0 Å². The van der Waals surface area contributed by atoms with Gasteiger partial charge < -0.3 is 10.6 Å². The fourth-order valence-corrected chi connectivity index (χ4v) is 3.06. The Morgan fingerprint density at radius 1 is 0.967 bits per heavy atom. The fraction of sp³-hybridized carbons (Fsp3) is 0.200. The average molecular weight is 405 g/mol. The number of aryl methyl sites for hydroxylation is 1. The number of imide groups is 1. The molecule has 10 nitrogen and oxygen atoms in total. The van der Waals surface area contributed by atoms with Crippen molar-refractivity contribution in [2.24, 2.45) is 0 Å². The predicted octanol–water partition coefficient (Wildman–Crippen LogP) is 0.795. The molecular weight excluding hydrogens is 386 g/mol. The van der Waals surface area contributed by atoms with Crippen molar-refractivity contribution in [3.8, 4) is 5.82 Å². The van der Waals surface area contributed by atoms with Gasteiger partial charge in [-0.15, -0.1) is 10.2 Å². The number of aromatic nitrogens is 4. The van der Waals surface area contributed by atoms with Crippen LogP contribution in [0.3, 0.4) is 0 Å². The summed E-state index contributed by atoms with van der Waals surface area (Å²) in [6.07, 6.45) is 1.80. The second kappa shape index (κ2) is 8.11. The van der Waals surface area contributed by atoms with Crippen LogP contribution in [0.15, 0.2) is 48.7 Å². The lowest BCUT2D eigenvalue weighted by molar-refractivity contribution is -0.121. The summed E-state index contributed by atoms with van der Waals surface area (Å²) in [6.45, 7) is 2.28. The smallest absolute Gasteiger partial charge is 0.262 e. The van der Waals surface area contributed by atoms with Crippen molar-refractivity contribution in [2.75, 3.05) is 25.0 Å². The maximum absolute atomic E-state index is 12.3. The largest absolute Gasteiger partial charge is 0.367 e. The van der Waals surface area contributed by atoms with Gasteiger partial charge in [0.15, 0.2) is 5.82 Å². The molecule has 0 unspecified atom stereocenters. The van der Waals surface area contributed by atoms with Crippen LogP contribution in [0.1, 0.15) is 26.4 Å². The molecule has 1 aliphatic heterocycles. The van der Waals surface area contributed by atoms with Crippen molar-refractivity contribution < 1.29 is 14.4 Å². The Morgan fingerprint density at radius 2 is 1.70 bits per heavy atom. The molecule has 3 heterocycles. The summed E-state index contributed by atoms with van der Waals surface area (Å²) in [4.78, 5) is 37.6. The summed E-state index contributed by atoms with van der Waals surface area (Å²) in [5, 5.41) is 18.2. The first-order chi connectivity index (χ1) is 14.5. The van der Waals surface area contributed by atoms with E-state index in [-0.39, 0.29) is 6.54 Å². The zero-order valence-electron chi connectivity index (χ0n) is 16.2. The predicted molar refractivity (Wildman–Crippen MR) is 107 cm³/mol. The summed E-state index contributed by atoms with van der Waals surface area (Å²) >= 11 is 0. The van der Waals surface area contributed by atoms with Crippen molar-refractivity contribution in [1.29, 1.82) is 0 Å². The van der Waals surface area contributed by atoms with Gasteiger partial charge in [0, 0.05) is 19.3 Å². The first-order valence-electron chi connectivity index (χ1n) is 9.35. The Morgan fingerprint density at radius 3 is 2.30 bits per heavy atom. The molecule has 2 aromatic heterocycles. The molecule has 0 atom stereocenters. The summed E-state index contributed by atoms with van der Waals surface area (Å²) in [7, 11) is 0. The Balaban J connectivity index is 1.23. The van der Waals surface area contributed by atoms with E-state index in [0.29, 0.717) is 35.9 Å². The number of carbonyl (C=O) groups is 3. The summed E-state index contributed by atoms with van der Waals surface area (Å²) in [6, 6.07) is 11.9. The highest BCUT2D eigenvalue weighted by Gasteiger charge is 2.36. The van der Waals surface area contributed by atoms with Crippen molar-refractivity contribution in [2.45, 2.75) is 6.92 Å². The first-order valence-corrected chi connectivity index (χ1v) is 9.35. The quantitative estimate of drug-likeness (QED) is 0.440. The third-order valence-electron chi connectivity index (χ3n) is 4.54. The van der Waals surface area contributed by atoms with Gasteiger partial charge in [0.05, 0.1) is 16.8 Å². The van der Waals surface area contributed by atoms with Crippen molar-refractivity contribution in [3.63, 3.8) is 0 Å². The monoisotopic (exact) mass is 405 g/mol. The van der Waals surface area contributed by atoms with E-state index in [0.717, 1.165) is 10.6 Å². The van der Waals surface area contributed by atoms with Crippen LogP contribution in [0.25, 0.3) is 5.82 Å². The summed E-state index contributed by atoms with van der Waals surface area (Å²) in [5.41, 5.74) is 1.53. The number of benzene rings is 1. The van der Waals surface area contributed by atoms with Gasteiger partial charge in [-0.3, -0.25) is 19.3 Å². The lowest BCUT2D eigenvalue weighted by Crippen LogP contribution is -2.41. The molecule has 0 fully saturated rings. The van der Waals surface area contributed by atoms with Gasteiger partial charge in [0.1, 0.15) is 12.4 Å². The van der Waals surface area contributed by atoms with E-state index in [1.54, 1.807) is 47.3 Å². The molecule has 3 amide bonds. The zero-order chi connectivity index (χ0) is 21.1. The maximum atomic E-state index is 12.3. The van der Waals surface area contributed by atoms with E-state index in [1.165, 1.54) is 0 Å². The van der Waals surface area contributed by atoms with Crippen LogP contribution < -0.4 is 10.6 Å². The number of rotatable bonds is 7. The third kappa shape index (κ3) is 3.88. The van der Waals surface area contributed by atoms with Gasteiger partial charge >= 0.3 is 0 Å². The number of nitrogens with one attached hydrogen (secondary N) is 2. The molecular formula is C20H19N7O3. The molecule has 0 saturated heterocycles. The SMILES string of the molecule is Cc1ccn(-c2ccc(NCCNC(=O)CN3C(=O)c4ccccc4C3=O)nn2)n1. The number of hydrogen-bond donors (Lipinski definition) is 2. The number of anilines is 1. The molecule has 10 heteroatoms. The van der Waals surface area contributed by atoms with Gasteiger partial charge in [-0.25, -0.2) is 4.68 Å². The number of nitrogens with zero attached hydrogens (tertiary/aromatic N) is 5. The highest BCUT2D eigenvalue weighted by Crippen LogP contribution is 2.21. The van der Waals surface area contributed by atoms with E-state index >= 15 is 0 Å². The van der Waals surface area contributed by atoms with Crippen LogP contribution in [0, 0.1) is 6.92 Å². The van der Waals surface area contributed by atoms with Crippen LogP contribution in [-0.4, -0.2) is 62.2 Å². The number of fused-ring (bicyclic) bond motifs is 1. The third-order valence-corrected chi connectivity index (χ3v) is 4.54. The van der Waals surface area contributed by atoms with Gasteiger partial charge in [-0.2, -0.15) is 5.10 Å². The maximum Gasteiger partial charge on any atom is 0.262 e. The van der Waals surface area contributed by atoms with Gasteiger partial charge in [-0.05, 0) is 37.3 Å². The minimum Gasteiger partial charge on any atom is -0.367 e. The van der Waals surface area contributed by atoms with E-state index < -0.39 is 17.7 Å². The minimum absolute atomic E-state index is 0.295. The van der Waals surface area contributed by atoms with Crippen LogP contribution in [0.2, 0.25) is 0 Å². The van der Waals surface area contributed by atoms with Crippen molar-refractivity contribution in [3.05, 3.63) is 65.5 Å². The first kappa shape index (κ1) is 19.2. The molecule has 1 aliphatic rings. The Hall–Kier alpha value is -4.08. The molecule has 0 radical (unpaired) electrons. The van der Waals surface area contributed by atoms with E-state index in [9.17, 15) is 14.4 Å².